The topological polar surface area (TPSA) is 21.3 Å². The van der Waals surface area contributed by atoms with Crippen molar-refractivity contribution in [3.05, 3.63) is 96.3 Å². The first-order chi connectivity index (χ1) is 13.5. The molecule has 154 valence electrons. The van der Waals surface area contributed by atoms with Crippen LogP contribution in [0.3, 0.4) is 0 Å². The Balaban J connectivity index is 0.00000300. The second-order valence-electron chi connectivity index (χ2n) is 6.33. The standard InChI is InChI=1S/C22H19Br2Cl2NO.ClH/c23-19-10-16(13-27-9-8-17-6-7-18(25)12-21(17)26)11-20(24)22(19)28-14-15-4-2-1-3-5-15;/h1-7,10-12,27H,8-9,13-14H2;1H. The minimum absolute atomic E-state index is 0. The molecule has 0 saturated carbocycles. The van der Waals surface area contributed by atoms with Crippen LogP contribution in [0.15, 0.2) is 69.6 Å². The maximum Gasteiger partial charge on any atom is 0.148 e. The molecule has 0 unspecified atom stereocenters. The summed E-state index contributed by atoms with van der Waals surface area (Å²) in [5.41, 5.74) is 3.38. The van der Waals surface area contributed by atoms with E-state index in [-0.39, 0.29) is 12.4 Å². The Kier molecular flexibility index (Phi) is 10.3. The van der Waals surface area contributed by atoms with Gasteiger partial charge in [0.05, 0.1) is 8.95 Å². The van der Waals surface area contributed by atoms with Crippen LogP contribution in [0.25, 0.3) is 0 Å². The summed E-state index contributed by atoms with van der Waals surface area (Å²) in [5, 5.41) is 4.82. The van der Waals surface area contributed by atoms with E-state index >= 15 is 0 Å². The Hall–Kier alpha value is -0.750. The van der Waals surface area contributed by atoms with Gasteiger partial charge in [0, 0.05) is 16.6 Å². The van der Waals surface area contributed by atoms with Crippen LogP contribution in [0.2, 0.25) is 10.0 Å². The number of ether oxygens (including phenoxy) is 1. The highest BCUT2D eigenvalue weighted by atomic mass is 79.9. The maximum absolute atomic E-state index is 6.22. The Morgan fingerprint density at radius 1 is 0.862 bits per heavy atom. The minimum atomic E-state index is 0. The van der Waals surface area contributed by atoms with Gasteiger partial charge in [0.25, 0.3) is 0 Å². The fraction of sp³-hybridized carbons (Fsp3) is 0.182. The maximum atomic E-state index is 6.22. The lowest BCUT2D eigenvalue weighted by molar-refractivity contribution is 0.302. The molecule has 0 atom stereocenters. The Bertz CT molecular complexity index is 916. The predicted octanol–water partition coefficient (Wildman–Crippen LogP) is 7.85. The van der Waals surface area contributed by atoms with Gasteiger partial charge in [-0.25, -0.2) is 0 Å². The number of rotatable bonds is 8. The minimum Gasteiger partial charge on any atom is -0.487 e. The van der Waals surface area contributed by atoms with Gasteiger partial charge < -0.3 is 10.1 Å². The predicted molar refractivity (Wildman–Crippen MR) is 132 cm³/mol. The summed E-state index contributed by atoms with van der Waals surface area (Å²) in [7, 11) is 0. The van der Waals surface area contributed by atoms with E-state index in [2.05, 4.69) is 49.3 Å². The second kappa shape index (κ2) is 12.2. The fourth-order valence-electron chi connectivity index (χ4n) is 2.76. The van der Waals surface area contributed by atoms with Gasteiger partial charge in [-0.15, -0.1) is 12.4 Å². The normalized spacial score (nSPS) is 10.5. The van der Waals surface area contributed by atoms with Crippen molar-refractivity contribution >= 4 is 67.5 Å². The van der Waals surface area contributed by atoms with E-state index in [1.54, 1.807) is 6.07 Å². The largest absolute Gasteiger partial charge is 0.487 e. The summed E-state index contributed by atoms with van der Waals surface area (Å²) in [4.78, 5) is 0. The zero-order chi connectivity index (χ0) is 19.9. The van der Waals surface area contributed by atoms with Crippen molar-refractivity contribution in [2.75, 3.05) is 6.54 Å². The van der Waals surface area contributed by atoms with E-state index < -0.39 is 0 Å². The molecular formula is C22H20Br2Cl3NO. The average Bonchev–Trinajstić information content (AvgIpc) is 2.67. The van der Waals surface area contributed by atoms with E-state index in [0.29, 0.717) is 16.7 Å². The molecule has 0 aliphatic rings. The lowest BCUT2D eigenvalue weighted by atomic mass is 10.1. The summed E-state index contributed by atoms with van der Waals surface area (Å²) in [6, 6.07) is 19.9. The molecule has 0 spiro atoms. The molecule has 0 aromatic heterocycles. The molecule has 0 saturated heterocycles. The van der Waals surface area contributed by atoms with Gasteiger partial charge in [-0.2, -0.15) is 0 Å². The van der Waals surface area contributed by atoms with Crippen molar-refractivity contribution in [1.82, 2.24) is 5.32 Å². The van der Waals surface area contributed by atoms with Crippen molar-refractivity contribution in [2.45, 2.75) is 19.6 Å². The van der Waals surface area contributed by atoms with E-state index in [1.165, 1.54) is 0 Å². The Morgan fingerprint density at radius 2 is 1.55 bits per heavy atom. The number of halogens is 5. The van der Waals surface area contributed by atoms with Crippen molar-refractivity contribution in [1.29, 1.82) is 0 Å². The summed E-state index contributed by atoms with van der Waals surface area (Å²) in [6.45, 7) is 2.10. The first kappa shape index (κ1) is 24.5. The quantitative estimate of drug-likeness (QED) is 0.274. The lowest BCUT2D eigenvalue weighted by Crippen LogP contribution is -2.17. The van der Waals surface area contributed by atoms with E-state index in [0.717, 1.165) is 50.9 Å². The second-order valence-corrected chi connectivity index (χ2v) is 8.88. The van der Waals surface area contributed by atoms with E-state index in [9.17, 15) is 0 Å². The molecule has 0 fully saturated rings. The van der Waals surface area contributed by atoms with Gasteiger partial charge in [0.15, 0.2) is 0 Å². The first-order valence-electron chi connectivity index (χ1n) is 8.82. The Labute approximate surface area is 204 Å². The van der Waals surface area contributed by atoms with Crippen LogP contribution >= 0.6 is 67.5 Å². The fourth-order valence-corrected chi connectivity index (χ4v) is 4.78. The van der Waals surface area contributed by atoms with E-state index in [1.807, 2.05) is 42.5 Å². The summed E-state index contributed by atoms with van der Waals surface area (Å²) in [6.07, 6.45) is 0.844. The van der Waals surface area contributed by atoms with Gasteiger partial charge in [0.1, 0.15) is 12.4 Å². The molecule has 2 nitrogen and oxygen atoms in total. The molecule has 0 bridgehead atoms. The highest BCUT2D eigenvalue weighted by Gasteiger charge is 2.10. The number of nitrogens with one attached hydrogen (secondary N) is 1. The monoisotopic (exact) mass is 577 g/mol. The van der Waals surface area contributed by atoms with Crippen molar-refractivity contribution in [3.63, 3.8) is 0 Å². The molecule has 0 amide bonds. The van der Waals surface area contributed by atoms with Crippen molar-refractivity contribution in [3.8, 4) is 5.75 Å². The van der Waals surface area contributed by atoms with E-state index in [4.69, 9.17) is 27.9 Å². The van der Waals surface area contributed by atoms with Crippen LogP contribution in [0.1, 0.15) is 16.7 Å². The molecule has 1 N–H and O–H groups in total. The molecular weight excluding hydrogens is 560 g/mol. The summed E-state index contributed by atoms with van der Waals surface area (Å²) >= 11 is 19.4. The van der Waals surface area contributed by atoms with Crippen LogP contribution < -0.4 is 10.1 Å². The number of hydrogen-bond acceptors (Lipinski definition) is 2. The third kappa shape index (κ3) is 7.46. The van der Waals surface area contributed by atoms with Gasteiger partial charge in [-0.3, -0.25) is 0 Å². The first-order valence-corrected chi connectivity index (χ1v) is 11.2. The molecule has 0 aliphatic heterocycles. The van der Waals surface area contributed by atoms with Gasteiger partial charge >= 0.3 is 0 Å². The molecule has 29 heavy (non-hydrogen) atoms. The van der Waals surface area contributed by atoms with Crippen LogP contribution in [0, 0.1) is 0 Å². The summed E-state index contributed by atoms with van der Waals surface area (Å²) in [5.74, 6) is 0.806. The molecule has 3 aromatic rings. The SMILES string of the molecule is Cl.Clc1ccc(CCNCc2cc(Br)c(OCc3ccccc3)c(Br)c2)c(Cl)c1. The summed E-state index contributed by atoms with van der Waals surface area (Å²) < 4.78 is 7.83. The third-order valence-electron chi connectivity index (χ3n) is 4.20. The van der Waals surface area contributed by atoms with Gasteiger partial charge in [0.2, 0.25) is 0 Å². The third-order valence-corrected chi connectivity index (χ3v) is 5.96. The zero-order valence-corrected chi connectivity index (χ0v) is 20.9. The highest BCUT2D eigenvalue weighted by molar-refractivity contribution is 9.11. The lowest BCUT2D eigenvalue weighted by Gasteiger charge is -2.13. The van der Waals surface area contributed by atoms with Crippen LogP contribution in [0.4, 0.5) is 0 Å². The molecule has 0 radical (unpaired) electrons. The van der Waals surface area contributed by atoms with Gasteiger partial charge in [-0.1, -0.05) is 59.6 Å². The molecule has 0 heterocycles. The van der Waals surface area contributed by atoms with Crippen LogP contribution in [0.5, 0.6) is 5.75 Å². The van der Waals surface area contributed by atoms with Crippen molar-refractivity contribution < 1.29 is 4.74 Å². The van der Waals surface area contributed by atoms with Crippen molar-refractivity contribution in [2.24, 2.45) is 0 Å². The number of benzene rings is 3. The number of hydrogen-bond donors (Lipinski definition) is 1. The Morgan fingerprint density at radius 3 is 2.21 bits per heavy atom. The van der Waals surface area contributed by atoms with Gasteiger partial charge in [-0.05, 0) is 85.8 Å². The zero-order valence-electron chi connectivity index (χ0n) is 15.4. The highest BCUT2D eigenvalue weighted by Crippen LogP contribution is 2.35. The molecule has 0 aliphatic carbocycles. The molecule has 7 heteroatoms. The van der Waals surface area contributed by atoms with Crippen LogP contribution in [-0.4, -0.2) is 6.54 Å². The molecule has 3 rings (SSSR count). The molecule has 3 aromatic carbocycles. The van der Waals surface area contributed by atoms with Crippen LogP contribution in [-0.2, 0) is 19.6 Å². The smallest absolute Gasteiger partial charge is 0.148 e. The average molecular weight is 581 g/mol.